The Morgan fingerprint density at radius 2 is 1.72 bits per heavy atom. The van der Waals surface area contributed by atoms with E-state index >= 15 is 0 Å². The molecule has 0 unspecified atom stereocenters. The molecular formula is C19H21NO5. The van der Waals surface area contributed by atoms with Crippen LogP contribution in [0.2, 0.25) is 0 Å². The van der Waals surface area contributed by atoms with Gasteiger partial charge in [-0.05, 0) is 23.3 Å². The van der Waals surface area contributed by atoms with Crippen LogP contribution in [0.4, 0.5) is 4.79 Å². The van der Waals surface area contributed by atoms with Gasteiger partial charge in [-0.1, -0.05) is 42.5 Å². The Morgan fingerprint density at radius 1 is 1.04 bits per heavy atom. The lowest BCUT2D eigenvalue weighted by Crippen LogP contribution is -2.42. The molecule has 0 aromatic heterocycles. The fourth-order valence-corrected chi connectivity index (χ4v) is 2.29. The van der Waals surface area contributed by atoms with Gasteiger partial charge < -0.3 is 19.9 Å². The van der Waals surface area contributed by atoms with E-state index in [0.717, 1.165) is 11.1 Å². The zero-order valence-electron chi connectivity index (χ0n) is 14.0. The monoisotopic (exact) mass is 343 g/mol. The maximum absolute atomic E-state index is 11.8. The molecule has 2 N–H and O–H groups in total. The number of benzene rings is 2. The van der Waals surface area contributed by atoms with Gasteiger partial charge >= 0.3 is 12.1 Å². The van der Waals surface area contributed by atoms with Crippen molar-refractivity contribution in [2.45, 2.75) is 18.9 Å². The summed E-state index contributed by atoms with van der Waals surface area (Å²) in [4.78, 5) is 23.2. The van der Waals surface area contributed by atoms with Crippen LogP contribution < -0.4 is 10.1 Å². The van der Waals surface area contributed by atoms with Crippen LogP contribution in [0.15, 0.2) is 54.6 Å². The summed E-state index contributed by atoms with van der Waals surface area (Å²) >= 11 is 0. The van der Waals surface area contributed by atoms with Crippen LogP contribution in [-0.4, -0.2) is 36.9 Å². The van der Waals surface area contributed by atoms with Gasteiger partial charge in [-0.3, -0.25) is 0 Å². The molecule has 0 aliphatic rings. The van der Waals surface area contributed by atoms with Gasteiger partial charge in [0, 0.05) is 12.8 Å². The lowest BCUT2D eigenvalue weighted by Gasteiger charge is -2.15. The Hall–Kier alpha value is -3.02. The zero-order valence-corrected chi connectivity index (χ0v) is 14.0. The summed E-state index contributed by atoms with van der Waals surface area (Å²) in [5.41, 5.74) is 1.82. The standard InChI is InChI=1S/C19H21NO5/c1-24-16-9-7-15(8-10-16)13-17(18(21)22)20-19(23)25-12-11-14-5-3-2-4-6-14/h2-10,17H,11-13H2,1H3,(H,20,23)(H,21,22)/t17-/m0/s1. The number of ether oxygens (including phenoxy) is 2. The molecule has 6 heteroatoms. The highest BCUT2D eigenvalue weighted by molar-refractivity contribution is 5.80. The average molecular weight is 343 g/mol. The SMILES string of the molecule is COc1ccc(C[C@H](NC(=O)OCCc2ccccc2)C(=O)O)cc1. The number of carbonyl (C=O) groups excluding carboxylic acids is 1. The molecule has 0 saturated carbocycles. The summed E-state index contributed by atoms with van der Waals surface area (Å²) in [5, 5.41) is 11.7. The van der Waals surface area contributed by atoms with Crippen molar-refractivity contribution in [2.24, 2.45) is 0 Å². The molecule has 0 aliphatic heterocycles. The predicted octanol–water partition coefficient (Wildman–Crippen LogP) is 2.66. The molecule has 0 spiro atoms. The van der Waals surface area contributed by atoms with Crippen molar-refractivity contribution in [3.05, 3.63) is 65.7 Å². The smallest absolute Gasteiger partial charge is 0.407 e. The van der Waals surface area contributed by atoms with Gasteiger partial charge in [0.05, 0.1) is 13.7 Å². The van der Waals surface area contributed by atoms with Crippen LogP contribution >= 0.6 is 0 Å². The van der Waals surface area contributed by atoms with Crippen LogP contribution in [0.1, 0.15) is 11.1 Å². The third kappa shape index (κ3) is 6.18. The maximum atomic E-state index is 11.8. The molecule has 0 aliphatic carbocycles. The third-order valence-electron chi connectivity index (χ3n) is 3.66. The number of methoxy groups -OCH3 is 1. The van der Waals surface area contributed by atoms with Crippen LogP contribution in [0.5, 0.6) is 5.75 Å². The molecule has 1 amide bonds. The number of amides is 1. The number of hydrogen-bond acceptors (Lipinski definition) is 4. The van der Waals surface area contributed by atoms with E-state index in [1.165, 1.54) is 0 Å². The normalized spacial score (nSPS) is 11.4. The lowest BCUT2D eigenvalue weighted by molar-refractivity contribution is -0.139. The molecule has 6 nitrogen and oxygen atoms in total. The minimum Gasteiger partial charge on any atom is -0.497 e. The summed E-state index contributed by atoms with van der Waals surface area (Å²) < 4.78 is 10.1. The second kappa shape index (κ2) is 9.32. The molecule has 0 fully saturated rings. The molecule has 132 valence electrons. The Kier molecular flexibility index (Phi) is 6.83. The fourth-order valence-electron chi connectivity index (χ4n) is 2.29. The summed E-state index contributed by atoms with van der Waals surface area (Å²) in [5.74, 6) is -0.431. The van der Waals surface area contributed by atoms with Crippen molar-refractivity contribution < 1.29 is 24.2 Å². The van der Waals surface area contributed by atoms with Crippen LogP contribution in [0, 0.1) is 0 Å². The van der Waals surface area contributed by atoms with Gasteiger partial charge in [0.1, 0.15) is 11.8 Å². The number of nitrogens with one attached hydrogen (secondary N) is 1. The largest absolute Gasteiger partial charge is 0.497 e. The molecule has 1 atom stereocenters. The first-order valence-corrected chi connectivity index (χ1v) is 7.91. The van der Waals surface area contributed by atoms with E-state index in [-0.39, 0.29) is 13.0 Å². The highest BCUT2D eigenvalue weighted by atomic mass is 16.5. The van der Waals surface area contributed by atoms with E-state index in [1.807, 2.05) is 30.3 Å². The topological polar surface area (TPSA) is 84.9 Å². The molecule has 0 radical (unpaired) electrons. The molecule has 2 rings (SSSR count). The van der Waals surface area contributed by atoms with Crippen molar-refractivity contribution in [3.8, 4) is 5.75 Å². The molecule has 0 heterocycles. The number of rotatable bonds is 8. The fraction of sp³-hybridized carbons (Fsp3) is 0.263. The molecule has 0 saturated heterocycles. The first-order chi connectivity index (χ1) is 12.1. The summed E-state index contributed by atoms with van der Waals surface area (Å²) in [6.45, 7) is 0.185. The van der Waals surface area contributed by atoms with E-state index in [9.17, 15) is 14.7 Å². The van der Waals surface area contributed by atoms with E-state index < -0.39 is 18.1 Å². The summed E-state index contributed by atoms with van der Waals surface area (Å²) in [7, 11) is 1.56. The minimum atomic E-state index is -1.11. The minimum absolute atomic E-state index is 0.160. The van der Waals surface area contributed by atoms with Gasteiger partial charge in [0.15, 0.2) is 0 Å². The quantitative estimate of drug-likeness (QED) is 0.770. The molecule has 0 bridgehead atoms. The molecular weight excluding hydrogens is 322 g/mol. The number of carboxylic acid groups (broad SMARTS) is 1. The van der Waals surface area contributed by atoms with Gasteiger partial charge in [-0.25, -0.2) is 9.59 Å². The highest BCUT2D eigenvalue weighted by Gasteiger charge is 2.21. The van der Waals surface area contributed by atoms with E-state index in [0.29, 0.717) is 12.2 Å². The second-order valence-electron chi connectivity index (χ2n) is 5.46. The lowest BCUT2D eigenvalue weighted by atomic mass is 10.1. The number of alkyl carbamates (subject to hydrolysis) is 1. The van der Waals surface area contributed by atoms with Crippen LogP contribution in [0.25, 0.3) is 0 Å². The number of carbonyl (C=O) groups is 2. The number of aliphatic carboxylic acids is 1. The zero-order chi connectivity index (χ0) is 18.1. The molecule has 25 heavy (non-hydrogen) atoms. The third-order valence-corrected chi connectivity index (χ3v) is 3.66. The van der Waals surface area contributed by atoms with Crippen molar-refractivity contribution in [1.82, 2.24) is 5.32 Å². The van der Waals surface area contributed by atoms with E-state index in [2.05, 4.69) is 5.32 Å². The first kappa shape index (κ1) is 18.3. The van der Waals surface area contributed by atoms with Gasteiger partial charge in [-0.15, -0.1) is 0 Å². The van der Waals surface area contributed by atoms with Crippen molar-refractivity contribution in [2.75, 3.05) is 13.7 Å². The molecule has 2 aromatic carbocycles. The Balaban J connectivity index is 1.83. The second-order valence-corrected chi connectivity index (χ2v) is 5.46. The van der Waals surface area contributed by atoms with Crippen molar-refractivity contribution >= 4 is 12.1 Å². The van der Waals surface area contributed by atoms with Gasteiger partial charge in [0.25, 0.3) is 0 Å². The molecule has 2 aromatic rings. The Labute approximate surface area is 146 Å². The number of carboxylic acids is 1. The van der Waals surface area contributed by atoms with Crippen molar-refractivity contribution in [3.63, 3.8) is 0 Å². The Morgan fingerprint density at radius 3 is 2.32 bits per heavy atom. The summed E-state index contributed by atoms with van der Waals surface area (Å²) in [6, 6.07) is 15.5. The first-order valence-electron chi connectivity index (χ1n) is 7.91. The van der Waals surface area contributed by atoms with Crippen molar-refractivity contribution in [1.29, 1.82) is 0 Å². The summed E-state index contributed by atoms with van der Waals surface area (Å²) in [6.07, 6.45) is -0.00531. The maximum Gasteiger partial charge on any atom is 0.407 e. The predicted molar refractivity (Wildman–Crippen MR) is 92.8 cm³/mol. The van der Waals surface area contributed by atoms with Crippen LogP contribution in [-0.2, 0) is 22.4 Å². The highest BCUT2D eigenvalue weighted by Crippen LogP contribution is 2.13. The van der Waals surface area contributed by atoms with Gasteiger partial charge in [0.2, 0.25) is 0 Å². The average Bonchev–Trinajstić information content (AvgIpc) is 2.62. The van der Waals surface area contributed by atoms with E-state index in [4.69, 9.17) is 9.47 Å². The van der Waals surface area contributed by atoms with Gasteiger partial charge in [-0.2, -0.15) is 0 Å². The van der Waals surface area contributed by atoms with E-state index in [1.54, 1.807) is 31.4 Å². The van der Waals surface area contributed by atoms with Crippen LogP contribution in [0.3, 0.4) is 0 Å². The Bertz CT molecular complexity index is 685. The number of hydrogen-bond donors (Lipinski definition) is 2.